The fourth-order valence-corrected chi connectivity index (χ4v) is 4.51. The molecule has 0 fully saturated rings. The smallest absolute Gasteiger partial charge is 0.326 e. The maximum Gasteiger partial charge on any atom is 0.326 e. The Labute approximate surface area is 192 Å². The Hall–Kier alpha value is -3.67. The molecule has 0 bridgehead atoms. The maximum atomic E-state index is 13.3. The van der Waals surface area contributed by atoms with E-state index in [9.17, 15) is 23.9 Å². The number of hydrogen-bond donors (Lipinski definition) is 2. The summed E-state index contributed by atoms with van der Waals surface area (Å²) in [5, 5.41) is 12.9. The largest absolute Gasteiger partial charge is 0.480 e. The van der Waals surface area contributed by atoms with Crippen LogP contribution in [0.3, 0.4) is 0 Å². The van der Waals surface area contributed by atoms with Gasteiger partial charge in [-0.15, -0.1) is 0 Å². The van der Waals surface area contributed by atoms with Crippen LogP contribution in [0.15, 0.2) is 24.3 Å². The van der Waals surface area contributed by atoms with Gasteiger partial charge in [0.1, 0.15) is 24.0 Å². The number of benzene rings is 1. The van der Waals surface area contributed by atoms with Crippen molar-refractivity contribution in [3.8, 4) is 10.8 Å². The van der Waals surface area contributed by atoms with Crippen molar-refractivity contribution >= 4 is 35.5 Å². The Kier molecular flexibility index (Phi) is 6.18. The van der Waals surface area contributed by atoms with E-state index in [1.54, 1.807) is 11.8 Å². The van der Waals surface area contributed by atoms with E-state index in [0.29, 0.717) is 47.3 Å². The quantitative estimate of drug-likeness (QED) is 0.502. The van der Waals surface area contributed by atoms with Crippen molar-refractivity contribution in [2.24, 2.45) is 0 Å². The molecule has 1 amide bonds. The molecule has 10 nitrogen and oxygen atoms in total. The van der Waals surface area contributed by atoms with Gasteiger partial charge in [0, 0.05) is 25.1 Å². The summed E-state index contributed by atoms with van der Waals surface area (Å²) >= 11 is 1.17. The molecule has 3 aromatic rings. The summed E-state index contributed by atoms with van der Waals surface area (Å²) in [7, 11) is 0. The number of nitrogens with one attached hydrogen (secondary N) is 1. The van der Waals surface area contributed by atoms with Crippen LogP contribution < -0.4 is 5.32 Å². The van der Waals surface area contributed by atoms with Crippen molar-refractivity contribution in [3.63, 3.8) is 0 Å². The van der Waals surface area contributed by atoms with Crippen LogP contribution in [-0.4, -0.2) is 59.7 Å². The number of aryl methyl sites for hydroxylation is 1. The predicted octanol–water partition coefficient (Wildman–Crippen LogP) is 2.52. The van der Waals surface area contributed by atoms with Crippen LogP contribution in [0.5, 0.6) is 0 Å². The first kappa shape index (κ1) is 22.5. The van der Waals surface area contributed by atoms with Gasteiger partial charge in [0.15, 0.2) is 16.6 Å². The number of aldehydes is 1. The number of carboxylic acids is 1. The molecule has 2 unspecified atom stereocenters. The van der Waals surface area contributed by atoms with Gasteiger partial charge in [0.25, 0.3) is 5.91 Å². The van der Waals surface area contributed by atoms with Gasteiger partial charge in [-0.25, -0.2) is 19.2 Å². The highest BCUT2D eigenvalue weighted by Gasteiger charge is 2.35. The van der Waals surface area contributed by atoms with E-state index in [2.05, 4.69) is 19.7 Å². The van der Waals surface area contributed by atoms with Gasteiger partial charge in [-0.05, 0) is 49.6 Å². The lowest BCUT2D eigenvalue weighted by atomic mass is 10.1. The lowest BCUT2D eigenvalue weighted by Gasteiger charge is -2.35. The number of aliphatic carboxylic acids is 1. The highest BCUT2D eigenvalue weighted by molar-refractivity contribution is 7.09. The molecule has 2 atom stereocenters. The number of nitrogens with zero attached hydrogens (tertiary/aromatic N) is 5. The molecule has 2 aromatic heterocycles. The molecular formula is C21H21FN6O4S. The van der Waals surface area contributed by atoms with Gasteiger partial charge in [0.2, 0.25) is 0 Å². The minimum Gasteiger partial charge on any atom is -0.480 e. The Balaban J connectivity index is 1.75. The number of halogens is 1. The van der Waals surface area contributed by atoms with E-state index in [1.807, 2.05) is 11.5 Å². The van der Waals surface area contributed by atoms with Crippen LogP contribution in [0.25, 0.3) is 10.8 Å². The Morgan fingerprint density at radius 2 is 2.03 bits per heavy atom. The molecule has 4 rings (SSSR count). The zero-order valence-electron chi connectivity index (χ0n) is 17.9. The van der Waals surface area contributed by atoms with Crippen molar-refractivity contribution < 1.29 is 23.9 Å². The van der Waals surface area contributed by atoms with E-state index in [1.165, 1.54) is 35.8 Å². The third kappa shape index (κ3) is 4.33. The molecule has 0 aliphatic carbocycles. The molecule has 0 saturated heterocycles. The monoisotopic (exact) mass is 472 g/mol. The van der Waals surface area contributed by atoms with Crippen molar-refractivity contribution in [2.45, 2.75) is 38.9 Å². The third-order valence-electron chi connectivity index (χ3n) is 5.45. The minimum atomic E-state index is -1.19. The molecule has 2 N–H and O–H groups in total. The molecule has 33 heavy (non-hydrogen) atoms. The number of fused-ring (bicyclic) bond motifs is 1. The highest BCUT2D eigenvalue weighted by Crippen LogP contribution is 2.37. The van der Waals surface area contributed by atoms with E-state index < -0.39 is 23.9 Å². The number of aromatic nitrogens is 4. The summed E-state index contributed by atoms with van der Waals surface area (Å²) in [4.78, 5) is 46.4. The average molecular weight is 473 g/mol. The van der Waals surface area contributed by atoms with Gasteiger partial charge < -0.3 is 24.7 Å². The first-order valence-corrected chi connectivity index (χ1v) is 11.0. The van der Waals surface area contributed by atoms with E-state index in [-0.39, 0.29) is 18.1 Å². The normalized spacial score (nSPS) is 16.2. The molecule has 0 spiro atoms. The minimum absolute atomic E-state index is 0.249. The fraction of sp³-hybridized carbons (Fsp3) is 0.333. The molecule has 1 aromatic carbocycles. The molecule has 12 heteroatoms. The van der Waals surface area contributed by atoms with E-state index in [4.69, 9.17) is 0 Å². The zero-order valence-corrected chi connectivity index (χ0v) is 18.7. The third-order valence-corrected chi connectivity index (χ3v) is 6.25. The number of carbonyl (C=O) groups excluding carboxylic acids is 2. The summed E-state index contributed by atoms with van der Waals surface area (Å²) in [5.41, 5.74) is 0.937. The summed E-state index contributed by atoms with van der Waals surface area (Å²) in [6.45, 7) is 4.32. The summed E-state index contributed by atoms with van der Waals surface area (Å²) in [6, 6.07) is 3.64. The predicted molar refractivity (Wildman–Crippen MR) is 117 cm³/mol. The first-order chi connectivity index (χ1) is 15.8. The van der Waals surface area contributed by atoms with E-state index >= 15 is 0 Å². The van der Waals surface area contributed by atoms with Crippen LogP contribution in [0.2, 0.25) is 0 Å². The van der Waals surface area contributed by atoms with Gasteiger partial charge in [-0.2, -0.15) is 4.37 Å². The van der Waals surface area contributed by atoms with Gasteiger partial charge in [-0.1, -0.05) is 0 Å². The Bertz CT molecular complexity index is 1210. The number of imidazole rings is 1. The van der Waals surface area contributed by atoms with E-state index in [0.717, 1.165) is 0 Å². The highest BCUT2D eigenvalue weighted by atomic mass is 32.1. The second-order valence-corrected chi connectivity index (χ2v) is 8.34. The summed E-state index contributed by atoms with van der Waals surface area (Å²) < 4.78 is 19.4. The van der Waals surface area contributed by atoms with Crippen LogP contribution in [0.4, 0.5) is 10.2 Å². The summed E-state index contributed by atoms with van der Waals surface area (Å²) in [5.74, 6) is -0.556. The van der Waals surface area contributed by atoms with Crippen LogP contribution >= 0.6 is 11.5 Å². The molecule has 1 aliphatic rings. The number of amides is 1. The first-order valence-electron chi connectivity index (χ1n) is 10.2. The van der Waals surface area contributed by atoms with Crippen LogP contribution in [-0.2, 0) is 16.1 Å². The molecule has 0 radical (unpaired) electrons. The van der Waals surface area contributed by atoms with Crippen molar-refractivity contribution in [2.75, 3.05) is 11.9 Å². The second kappa shape index (κ2) is 9.06. The topological polar surface area (TPSA) is 130 Å². The van der Waals surface area contributed by atoms with Crippen LogP contribution in [0.1, 0.15) is 41.3 Å². The maximum absolute atomic E-state index is 13.3. The van der Waals surface area contributed by atoms with Gasteiger partial charge in [-0.3, -0.25) is 4.79 Å². The second-order valence-electron chi connectivity index (χ2n) is 7.59. The average Bonchev–Trinajstić information content (AvgIpc) is 3.37. The van der Waals surface area contributed by atoms with Gasteiger partial charge in [0.05, 0.1) is 11.7 Å². The standard InChI is InChI=1S/C21H21FN6O4S/c1-11-16-17(24-15(7-10-29)21(31)32)25-18(19-23-12(2)26-33-19)28(16)9-8-27(11)20(30)13-3-5-14(22)6-4-13/h3-6,10-11,15,24H,7-9H2,1-2H3,(H,31,32). The van der Waals surface area contributed by atoms with Crippen molar-refractivity contribution in [3.05, 3.63) is 47.2 Å². The number of carbonyl (C=O) groups is 3. The molecule has 1 aliphatic heterocycles. The fourth-order valence-electron chi connectivity index (χ4n) is 3.84. The molecule has 3 heterocycles. The lowest BCUT2D eigenvalue weighted by molar-refractivity contribution is -0.138. The van der Waals surface area contributed by atoms with Crippen molar-refractivity contribution in [1.82, 2.24) is 23.8 Å². The number of anilines is 1. The molecular weight excluding hydrogens is 451 g/mol. The lowest BCUT2D eigenvalue weighted by Crippen LogP contribution is -2.41. The SMILES string of the molecule is Cc1nsc(-c2nc(NC(CC=O)C(=O)O)c3n2CCN(C(=O)c2ccc(F)cc2)C3C)n1. The Morgan fingerprint density at radius 3 is 2.64 bits per heavy atom. The molecule has 0 saturated carbocycles. The van der Waals surface area contributed by atoms with Gasteiger partial charge >= 0.3 is 5.97 Å². The van der Waals surface area contributed by atoms with Crippen molar-refractivity contribution in [1.29, 1.82) is 0 Å². The number of carboxylic acid groups (broad SMARTS) is 1. The zero-order chi connectivity index (χ0) is 23.7. The summed E-state index contributed by atoms with van der Waals surface area (Å²) in [6.07, 6.45) is 0.276. The number of hydrogen-bond acceptors (Lipinski definition) is 8. The molecule has 172 valence electrons. The Morgan fingerprint density at radius 1 is 1.30 bits per heavy atom. The number of rotatable bonds is 7. The van der Waals surface area contributed by atoms with Crippen LogP contribution in [0, 0.1) is 12.7 Å².